The third kappa shape index (κ3) is 2.58. The maximum Gasteiger partial charge on any atom is 0.338 e. The Morgan fingerprint density at radius 3 is 2.44 bits per heavy atom. The molecule has 98 valence electrons. The van der Waals surface area contributed by atoms with Gasteiger partial charge < -0.3 is 14.9 Å². The second-order valence-electron chi connectivity index (χ2n) is 4.15. The summed E-state index contributed by atoms with van der Waals surface area (Å²) >= 11 is 0. The monoisotopic (exact) mass is 254 g/mol. The smallest absolute Gasteiger partial charge is 0.338 e. The van der Waals surface area contributed by atoms with Crippen LogP contribution in [0.3, 0.4) is 0 Å². The first-order chi connectivity index (χ1) is 8.31. The van der Waals surface area contributed by atoms with Crippen LogP contribution in [-0.4, -0.2) is 34.7 Å². The molecule has 6 heteroatoms. The van der Waals surface area contributed by atoms with Crippen molar-refractivity contribution >= 4 is 17.9 Å². The summed E-state index contributed by atoms with van der Waals surface area (Å²) in [5, 5.41) is 18.1. The van der Waals surface area contributed by atoms with E-state index in [1.165, 1.54) is 19.1 Å². The summed E-state index contributed by atoms with van der Waals surface area (Å²) < 4.78 is 4.73. The molecule has 1 aliphatic rings. The Bertz CT molecular complexity index is 459. The van der Waals surface area contributed by atoms with Crippen LogP contribution >= 0.6 is 0 Å². The first-order valence-electron chi connectivity index (χ1n) is 5.38. The van der Waals surface area contributed by atoms with Crippen LogP contribution in [0.25, 0.3) is 0 Å². The third-order valence-electron chi connectivity index (χ3n) is 2.73. The van der Waals surface area contributed by atoms with Crippen LogP contribution in [0, 0.1) is 5.41 Å². The van der Waals surface area contributed by atoms with Gasteiger partial charge in [-0.05, 0) is 20.3 Å². The molecule has 0 saturated heterocycles. The molecule has 1 rings (SSSR count). The third-order valence-corrected chi connectivity index (χ3v) is 2.73. The summed E-state index contributed by atoms with van der Waals surface area (Å²) in [7, 11) is 0. The number of carboxylic acids is 2. The second kappa shape index (κ2) is 5.03. The minimum Gasteiger partial charge on any atom is -0.481 e. The van der Waals surface area contributed by atoms with Crippen molar-refractivity contribution < 1.29 is 29.3 Å². The molecule has 0 aromatic heterocycles. The summed E-state index contributed by atoms with van der Waals surface area (Å²) in [6.45, 7) is 3.13. The highest BCUT2D eigenvalue weighted by atomic mass is 16.5. The molecule has 6 nitrogen and oxygen atoms in total. The SMILES string of the molecule is CCOC(=O)C1=C(C(=O)O)CC(C)(C(=O)O)C=C1. The highest BCUT2D eigenvalue weighted by Crippen LogP contribution is 2.34. The molecule has 0 amide bonds. The van der Waals surface area contributed by atoms with Gasteiger partial charge in [0.15, 0.2) is 0 Å². The maximum atomic E-state index is 11.6. The average Bonchev–Trinajstić information content (AvgIpc) is 2.28. The van der Waals surface area contributed by atoms with Gasteiger partial charge in [0.2, 0.25) is 0 Å². The predicted octanol–water partition coefficient (Wildman–Crippen LogP) is 0.981. The van der Waals surface area contributed by atoms with E-state index >= 15 is 0 Å². The Morgan fingerprint density at radius 1 is 1.39 bits per heavy atom. The molecule has 0 bridgehead atoms. The van der Waals surface area contributed by atoms with Gasteiger partial charge in [-0.2, -0.15) is 0 Å². The summed E-state index contributed by atoms with van der Waals surface area (Å²) in [5.41, 5.74) is -1.65. The van der Waals surface area contributed by atoms with Crippen molar-refractivity contribution in [3.63, 3.8) is 0 Å². The van der Waals surface area contributed by atoms with Gasteiger partial charge in [-0.3, -0.25) is 4.79 Å². The van der Waals surface area contributed by atoms with Gasteiger partial charge in [0, 0.05) is 0 Å². The van der Waals surface area contributed by atoms with E-state index < -0.39 is 23.3 Å². The highest BCUT2D eigenvalue weighted by molar-refractivity contribution is 6.03. The Balaban J connectivity index is 3.16. The van der Waals surface area contributed by atoms with Crippen molar-refractivity contribution in [1.82, 2.24) is 0 Å². The van der Waals surface area contributed by atoms with Gasteiger partial charge in [-0.25, -0.2) is 9.59 Å². The molecule has 0 aromatic carbocycles. The molecule has 0 aromatic rings. The number of esters is 1. The summed E-state index contributed by atoms with van der Waals surface area (Å²) in [4.78, 5) is 33.7. The molecule has 0 fully saturated rings. The van der Waals surface area contributed by atoms with Crippen LogP contribution in [0.2, 0.25) is 0 Å². The molecular weight excluding hydrogens is 240 g/mol. The number of aliphatic carboxylic acids is 2. The standard InChI is InChI=1S/C12H14O6/c1-3-18-10(15)7-4-5-12(2,11(16)17)6-8(7)9(13)14/h4-5H,3,6H2,1-2H3,(H,13,14)(H,16,17). The van der Waals surface area contributed by atoms with E-state index in [0.29, 0.717) is 0 Å². The van der Waals surface area contributed by atoms with E-state index in [-0.39, 0.29) is 24.2 Å². The van der Waals surface area contributed by atoms with Crippen LogP contribution in [0.4, 0.5) is 0 Å². The Hall–Kier alpha value is -2.11. The van der Waals surface area contributed by atoms with Crippen LogP contribution in [-0.2, 0) is 19.1 Å². The van der Waals surface area contributed by atoms with E-state index in [2.05, 4.69) is 0 Å². The number of carbonyl (C=O) groups is 3. The number of hydrogen-bond donors (Lipinski definition) is 2. The predicted molar refractivity (Wildman–Crippen MR) is 60.8 cm³/mol. The minimum atomic E-state index is -1.32. The molecule has 1 atom stereocenters. The van der Waals surface area contributed by atoms with E-state index in [4.69, 9.17) is 14.9 Å². The molecule has 0 spiro atoms. The first kappa shape index (κ1) is 14.0. The molecule has 0 radical (unpaired) electrons. The van der Waals surface area contributed by atoms with Crippen LogP contribution in [0.15, 0.2) is 23.3 Å². The topological polar surface area (TPSA) is 101 Å². The van der Waals surface area contributed by atoms with Gasteiger partial charge in [0.25, 0.3) is 0 Å². The molecule has 0 heterocycles. The zero-order chi connectivity index (χ0) is 13.9. The van der Waals surface area contributed by atoms with Crippen molar-refractivity contribution in [2.24, 2.45) is 5.41 Å². The Morgan fingerprint density at radius 2 is 2.00 bits per heavy atom. The molecule has 18 heavy (non-hydrogen) atoms. The highest BCUT2D eigenvalue weighted by Gasteiger charge is 2.38. The van der Waals surface area contributed by atoms with Crippen LogP contribution in [0.5, 0.6) is 0 Å². The number of ether oxygens (including phenoxy) is 1. The summed E-state index contributed by atoms with van der Waals surface area (Å²) in [6, 6.07) is 0. The second-order valence-corrected chi connectivity index (χ2v) is 4.15. The number of hydrogen-bond acceptors (Lipinski definition) is 4. The molecule has 1 aliphatic carbocycles. The van der Waals surface area contributed by atoms with Crippen LogP contribution < -0.4 is 0 Å². The average molecular weight is 254 g/mol. The summed E-state index contributed by atoms with van der Waals surface area (Å²) in [6.07, 6.45) is 2.27. The van der Waals surface area contributed by atoms with Crippen molar-refractivity contribution in [2.45, 2.75) is 20.3 Å². The van der Waals surface area contributed by atoms with Crippen LogP contribution in [0.1, 0.15) is 20.3 Å². The van der Waals surface area contributed by atoms with Gasteiger partial charge >= 0.3 is 17.9 Å². The zero-order valence-corrected chi connectivity index (χ0v) is 10.1. The first-order valence-corrected chi connectivity index (χ1v) is 5.38. The lowest BCUT2D eigenvalue weighted by atomic mass is 9.78. The molecule has 0 saturated carbocycles. The largest absolute Gasteiger partial charge is 0.481 e. The molecule has 2 N–H and O–H groups in total. The fourth-order valence-corrected chi connectivity index (χ4v) is 1.63. The van der Waals surface area contributed by atoms with Crippen molar-refractivity contribution in [1.29, 1.82) is 0 Å². The minimum absolute atomic E-state index is 0.0944. The summed E-state index contributed by atoms with van der Waals surface area (Å²) in [5.74, 6) is -3.20. The van der Waals surface area contributed by atoms with E-state index in [1.807, 2.05) is 0 Å². The van der Waals surface area contributed by atoms with Gasteiger partial charge in [0.1, 0.15) is 0 Å². The number of rotatable bonds is 4. The normalized spacial score (nSPS) is 22.8. The van der Waals surface area contributed by atoms with Gasteiger partial charge in [-0.1, -0.05) is 12.2 Å². The molecular formula is C12H14O6. The van der Waals surface area contributed by atoms with Crippen molar-refractivity contribution in [3.8, 4) is 0 Å². The fraction of sp³-hybridized carbons (Fsp3) is 0.417. The van der Waals surface area contributed by atoms with Crippen molar-refractivity contribution in [3.05, 3.63) is 23.3 Å². The van der Waals surface area contributed by atoms with E-state index in [9.17, 15) is 14.4 Å². The fourth-order valence-electron chi connectivity index (χ4n) is 1.63. The van der Waals surface area contributed by atoms with E-state index in [0.717, 1.165) is 0 Å². The van der Waals surface area contributed by atoms with Gasteiger partial charge in [0.05, 0.1) is 23.2 Å². The Labute approximate surface area is 104 Å². The quantitative estimate of drug-likeness (QED) is 0.725. The lowest BCUT2D eigenvalue weighted by molar-refractivity contribution is -0.146. The van der Waals surface area contributed by atoms with E-state index in [1.54, 1.807) is 6.92 Å². The number of carboxylic acid groups (broad SMARTS) is 2. The lowest BCUT2D eigenvalue weighted by Gasteiger charge is -2.25. The zero-order valence-electron chi connectivity index (χ0n) is 10.1. The van der Waals surface area contributed by atoms with Gasteiger partial charge in [-0.15, -0.1) is 0 Å². The lowest BCUT2D eigenvalue weighted by Crippen LogP contribution is -2.31. The molecule has 0 aliphatic heterocycles. The Kier molecular flexibility index (Phi) is 3.90. The van der Waals surface area contributed by atoms with Crippen molar-refractivity contribution in [2.75, 3.05) is 6.61 Å². The molecule has 1 unspecified atom stereocenters. The number of carbonyl (C=O) groups excluding carboxylic acids is 1. The maximum absolute atomic E-state index is 11.6.